The van der Waals surface area contributed by atoms with Crippen LogP contribution in [-0.2, 0) is 0 Å². The van der Waals surface area contributed by atoms with E-state index in [4.69, 9.17) is 4.74 Å². The maximum absolute atomic E-state index is 5.91. The highest BCUT2D eigenvalue weighted by atomic mass is 79.9. The van der Waals surface area contributed by atoms with Gasteiger partial charge < -0.3 is 10.1 Å². The monoisotopic (exact) mass is 334 g/mol. The SMILES string of the molecule is CNC(c1ccccc1OC(C)C)c1ncccc1Br. The second kappa shape index (κ2) is 6.86. The molecular weight excluding hydrogens is 316 g/mol. The Morgan fingerprint density at radius 1 is 1.15 bits per heavy atom. The number of pyridine rings is 1. The molecule has 0 bridgehead atoms. The summed E-state index contributed by atoms with van der Waals surface area (Å²) in [5.41, 5.74) is 2.04. The number of rotatable bonds is 5. The minimum absolute atomic E-state index is 0.0134. The van der Waals surface area contributed by atoms with Crippen LogP contribution in [-0.4, -0.2) is 18.1 Å². The van der Waals surface area contributed by atoms with Gasteiger partial charge in [0.25, 0.3) is 0 Å². The summed E-state index contributed by atoms with van der Waals surface area (Å²) in [7, 11) is 1.93. The lowest BCUT2D eigenvalue weighted by Crippen LogP contribution is -2.21. The molecule has 1 heterocycles. The average molecular weight is 335 g/mol. The Morgan fingerprint density at radius 3 is 2.55 bits per heavy atom. The van der Waals surface area contributed by atoms with Crippen LogP contribution in [0.25, 0.3) is 0 Å². The molecule has 4 heteroatoms. The molecule has 0 radical (unpaired) electrons. The third-order valence-electron chi connectivity index (χ3n) is 2.94. The lowest BCUT2D eigenvalue weighted by atomic mass is 10.0. The largest absolute Gasteiger partial charge is 0.491 e. The Hall–Kier alpha value is -1.39. The van der Waals surface area contributed by atoms with Crippen LogP contribution < -0.4 is 10.1 Å². The second-order valence-corrected chi connectivity index (χ2v) is 5.65. The van der Waals surface area contributed by atoms with Crippen molar-refractivity contribution < 1.29 is 4.74 Å². The number of nitrogens with zero attached hydrogens (tertiary/aromatic N) is 1. The van der Waals surface area contributed by atoms with E-state index in [0.717, 1.165) is 21.5 Å². The van der Waals surface area contributed by atoms with Gasteiger partial charge in [0.2, 0.25) is 0 Å². The lowest BCUT2D eigenvalue weighted by Gasteiger charge is -2.21. The number of nitrogens with one attached hydrogen (secondary N) is 1. The Labute approximate surface area is 128 Å². The van der Waals surface area contributed by atoms with Crippen molar-refractivity contribution in [1.82, 2.24) is 10.3 Å². The third-order valence-corrected chi connectivity index (χ3v) is 3.61. The fourth-order valence-electron chi connectivity index (χ4n) is 2.13. The first kappa shape index (κ1) is 15.0. The summed E-state index contributed by atoms with van der Waals surface area (Å²) in [5.74, 6) is 0.888. The van der Waals surface area contributed by atoms with E-state index in [1.807, 2.05) is 51.2 Å². The van der Waals surface area contributed by atoms with Gasteiger partial charge in [-0.1, -0.05) is 18.2 Å². The minimum Gasteiger partial charge on any atom is -0.491 e. The normalized spacial score (nSPS) is 12.4. The first-order chi connectivity index (χ1) is 9.63. The molecule has 2 aromatic rings. The Morgan fingerprint density at radius 2 is 1.90 bits per heavy atom. The quantitative estimate of drug-likeness (QED) is 0.899. The van der Waals surface area contributed by atoms with Crippen LogP contribution in [0.5, 0.6) is 5.75 Å². The Kier molecular flexibility index (Phi) is 5.15. The summed E-state index contributed by atoms with van der Waals surface area (Å²) in [4.78, 5) is 4.48. The molecule has 1 atom stereocenters. The van der Waals surface area contributed by atoms with Crippen LogP contribution in [0.15, 0.2) is 47.1 Å². The number of hydrogen-bond donors (Lipinski definition) is 1. The second-order valence-electron chi connectivity index (χ2n) is 4.80. The molecule has 1 aromatic carbocycles. The molecular formula is C16H19BrN2O. The maximum Gasteiger partial charge on any atom is 0.124 e. The van der Waals surface area contributed by atoms with E-state index in [1.165, 1.54) is 0 Å². The number of hydrogen-bond acceptors (Lipinski definition) is 3. The van der Waals surface area contributed by atoms with Crippen LogP contribution >= 0.6 is 15.9 Å². The first-order valence-electron chi connectivity index (χ1n) is 6.66. The summed E-state index contributed by atoms with van der Waals surface area (Å²) in [6.07, 6.45) is 1.94. The van der Waals surface area contributed by atoms with Gasteiger partial charge in [-0.15, -0.1) is 0 Å². The summed E-state index contributed by atoms with van der Waals surface area (Å²) < 4.78 is 6.89. The van der Waals surface area contributed by atoms with Gasteiger partial charge >= 0.3 is 0 Å². The smallest absolute Gasteiger partial charge is 0.124 e. The van der Waals surface area contributed by atoms with Gasteiger partial charge in [0.05, 0.1) is 17.8 Å². The van der Waals surface area contributed by atoms with Gasteiger partial charge in [-0.3, -0.25) is 4.98 Å². The van der Waals surface area contributed by atoms with Crippen molar-refractivity contribution in [2.24, 2.45) is 0 Å². The molecule has 2 rings (SSSR count). The van der Waals surface area contributed by atoms with Crippen molar-refractivity contribution >= 4 is 15.9 Å². The van der Waals surface area contributed by atoms with E-state index in [9.17, 15) is 0 Å². The van der Waals surface area contributed by atoms with E-state index >= 15 is 0 Å². The zero-order chi connectivity index (χ0) is 14.5. The summed E-state index contributed by atoms with van der Waals surface area (Å²) in [6, 6.07) is 12.0. The molecule has 0 saturated heterocycles. The van der Waals surface area contributed by atoms with Gasteiger partial charge in [0, 0.05) is 16.2 Å². The van der Waals surface area contributed by atoms with Crippen molar-refractivity contribution in [3.8, 4) is 5.75 Å². The van der Waals surface area contributed by atoms with Crippen LogP contribution in [0.3, 0.4) is 0 Å². The van der Waals surface area contributed by atoms with E-state index in [0.29, 0.717) is 0 Å². The van der Waals surface area contributed by atoms with Gasteiger partial charge in [0.15, 0.2) is 0 Å². The van der Waals surface area contributed by atoms with E-state index in [-0.39, 0.29) is 12.1 Å². The predicted molar refractivity (Wildman–Crippen MR) is 85.0 cm³/mol. The maximum atomic E-state index is 5.91. The summed E-state index contributed by atoms with van der Waals surface area (Å²) in [5, 5.41) is 3.32. The Bertz CT molecular complexity index is 572. The average Bonchev–Trinajstić information content (AvgIpc) is 2.43. The van der Waals surface area contributed by atoms with Gasteiger partial charge in [-0.05, 0) is 55.0 Å². The molecule has 3 nitrogen and oxygen atoms in total. The lowest BCUT2D eigenvalue weighted by molar-refractivity contribution is 0.238. The molecule has 0 aliphatic heterocycles. The van der Waals surface area contributed by atoms with Crippen LogP contribution in [0.2, 0.25) is 0 Å². The van der Waals surface area contributed by atoms with Crippen molar-refractivity contribution in [3.63, 3.8) is 0 Å². The van der Waals surface area contributed by atoms with Gasteiger partial charge in [-0.25, -0.2) is 0 Å². The highest BCUT2D eigenvalue weighted by Crippen LogP contribution is 2.32. The van der Waals surface area contributed by atoms with Crippen LogP contribution in [0, 0.1) is 0 Å². The minimum atomic E-state index is -0.0134. The van der Waals surface area contributed by atoms with E-state index < -0.39 is 0 Å². The zero-order valence-electron chi connectivity index (χ0n) is 11.9. The first-order valence-corrected chi connectivity index (χ1v) is 7.46. The summed E-state index contributed by atoms with van der Waals surface area (Å²) >= 11 is 3.57. The molecule has 0 amide bonds. The molecule has 0 spiro atoms. The number of aromatic nitrogens is 1. The zero-order valence-corrected chi connectivity index (χ0v) is 13.5. The number of ether oxygens (including phenoxy) is 1. The van der Waals surface area contributed by atoms with Gasteiger partial charge in [-0.2, -0.15) is 0 Å². The van der Waals surface area contributed by atoms with Crippen molar-refractivity contribution in [1.29, 1.82) is 0 Å². The van der Waals surface area contributed by atoms with E-state index in [1.54, 1.807) is 6.20 Å². The number of benzene rings is 1. The highest BCUT2D eigenvalue weighted by Gasteiger charge is 2.20. The van der Waals surface area contributed by atoms with Crippen molar-refractivity contribution in [3.05, 3.63) is 58.3 Å². The van der Waals surface area contributed by atoms with Crippen LogP contribution in [0.1, 0.15) is 31.1 Å². The van der Waals surface area contributed by atoms with Crippen LogP contribution in [0.4, 0.5) is 0 Å². The number of halogens is 1. The highest BCUT2D eigenvalue weighted by molar-refractivity contribution is 9.10. The molecule has 1 N–H and O–H groups in total. The fourth-order valence-corrected chi connectivity index (χ4v) is 2.61. The molecule has 1 aromatic heterocycles. The van der Waals surface area contributed by atoms with Crippen molar-refractivity contribution in [2.75, 3.05) is 7.05 Å². The van der Waals surface area contributed by atoms with Crippen molar-refractivity contribution in [2.45, 2.75) is 26.0 Å². The summed E-state index contributed by atoms with van der Waals surface area (Å²) in [6.45, 7) is 4.06. The fraction of sp³-hybridized carbons (Fsp3) is 0.312. The molecule has 0 aliphatic carbocycles. The topological polar surface area (TPSA) is 34.1 Å². The molecule has 0 fully saturated rings. The predicted octanol–water partition coefficient (Wildman–Crippen LogP) is 3.94. The molecule has 1 unspecified atom stereocenters. The number of para-hydroxylation sites is 1. The molecule has 0 aliphatic rings. The van der Waals surface area contributed by atoms with Gasteiger partial charge in [0.1, 0.15) is 5.75 Å². The molecule has 20 heavy (non-hydrogen) atoms. The third kappa shape index (κ3) is 3.38. The van der Waals surface area contributed by atoms with E-state index in [2.05, 4.69) is 32.3 Å². The Balaban J connectivity index is 2.45. The molecule has 106 valence electrons. The standard InChI is InChI=1S/C16H19BrN2O/c1-11(2)20-14-9-5-4-7-12(14)15(18-3)16-13(17)8-6-10-19-16/h4-11,15,18H,1-3H3. The molecule has 0 saturated carbocycles.